The van der Waals surface area contributed by atoms with Crippen molar-refractivity contribution in [3.05, 3.63) is 95.1 Å². The zero-order valence-electron chi connectivity index (χ0n) is 18.9. The first kappa shape index (κ1) is 24.3. The van der Waals surface area contributed by atoms with Crippen LogP contribution in [0.25, 0.3) is 0 Å². The molecule has 33 heavy (non-hydrogen) atoms. The van der Waals surface area contributed by atoms with Gasteiger partial charge in [-0.25, -0.2) is 0 Å². The second-order valence-electron chi connectivity index (χ2n) is 8.39. The Morgan fingerprint density at radius 3 is 2.27 bits per heavy atom. The molecule has 0 heterocycles. The van der Waals surface area contributed by atoms with Gasteiger partial charge in [-0.3, -0.25) is 4.79 Å². The molecule has 3 aromatic rings. The summed E-state index contributed by atoms with van der Waals surface area (Å²) in [6.45, 7) is 2.92. The molecular formula is C27H32N2O4. The van der Waals surface area contributed by atoms with Crippen LogP contribution in [0.15, 0.2) is 72.8 Å². The average Bonchev–Trinajstić information content (AvgIpc) is 2.78. The van der Waals surface area contributed by atoms with E-state index in [1.54, 1.807) is 0 Å². The van der Waals surface area contributed by atoms with E-state index in [9.17, 15) is 20.1 Å². The van der Waals surface area contributed by atoms with Crippen molar-refractivity contribution in [2.24, 2.45) is 0 Å². The maximum atomic E-state index is 12.3. The first-order valence-electron chi connectivity index (χ1n) is 11.2. The smallest absolute Gasteiger partial charge is 0.224 e. The van der Waals surface area contributed by atoms with E-state index in [1.165, 1.54) is 23.8 Å². The third kappa shape index (κ3) is 8.25. The molecule has 0 spiro atoms. The Bertz CT molecular complexity index is 1020. The first-order valence-corrected chi connectivity index (χ1v) is 11.2. The molecule has 6 heteroatoms. The summed E-state index contributed by atoms with van der Waals surface area (Å²) in [4.78, 5) is 12.3. The van der Waals surface area contributed by atoms with Crippen LogP contribution in [0.3, 0.4) is 0 Å². The molecule has 0 aromatic heterocycles. The number of aromatic hydroxyl groups is 2. The van der Waals surface area contributed by atoms with Crippen molar-refractivity contribution in [3.63, 3.8) is 0 Å². The van der Waals surface area contributed by atoms with E-state index in [0.29, 0.717) is 18.5 Å². The van der Waals surface area contributed by atoms with Gasteiger partial charge >= 0.3 is 0 Å². The highest BCUT2D eigenvalue weighted by molar-refractivity contribution is 5.78. The summed E-state index contributed by atoms with van der Waals surface area (Å²) in [7, 11) is 0. The van der Waals surface area contributed by atoms with Crippen LogP contribution in [0, 0.1) is 0 Å². The average molecular weight is 449 g/mol. The van der Waals surface area contributed by atoms with Gasteiger partial charge in [0.05, 0.1) is 12.5 Å². The summed E-state index contributed by atoms with van der Waals surface area (Å²) < 4.78 is 0. The predicted octanol–water partition coefficient (Wildman–Crippen LogP) is 3.25. The number of hydrogen-bond donors (Lipinski definition) is 5. The number of benzene rings is 3. The number of amides is 1. The highest BCUT2D eigenvalue weighted by Crippen LogP contribution is 2.24. The number of phenolic OH excluding ortho intramolecular Hbond substituents is 2. The number of phenols is 2. The lowest BCUT2D eigenvalue weighted by atomic mass is 10.0. The molecule has 0 fully saturated rings. The van der Waals surface area contributed by atoms with Crippen molar-refractivity contribution in [3.8, 4) is 11.5 Å². The number of carbonyl (C=O) groups excluding carboxylic acids is 1. The van der Waals surface area contributed by atoms with E-state index in [4.69, 9.17) is 0 Å². The molecular weight excluding hydrogens is 416 g/mol. The summed E-state index contributed by atoms with van der Waals surface area (Å²) in [6.07, 6.45) is 1.03. The van der Waals surface area contributed by atoms with Crippen LogP contribution in [-0.4, -0.2) is 40.4 Å². The Kier molecular flexibility index (Phi) is 8.87. The fourth-order valence-electron chi connectivity index (χ4n) is 3.77. The maximum Gasteiger partial charge on any atom is 0.224 e. The Hall–Kier alpha value is -3.35. The van der Waals surface area contributed by atoms with Crippen LogP contribution < -0.4 is 10.6 Å². The number of aliphatic hydroxyl groups is 1. The molecule has 2 atom stereocenters. The molecule has 0 saturated carbocycles. The van der Waals surface area contributed by atoms with E-state index < -0.39 is 6.10 Å². The van der Waals surface area contributed by atoms with Gasteiger partial charge < -0.3 is 26.0 Å². The lowest BCUT2D eigenvalue weighted by Crippen LogP contribution is -2.32. The van der Waals surface area contributed by atoms with Crippen molar-refractivity contribution in [1.82, 2.24) is 10.6 Å². The van der Waals surface area contributed by atoms with Gasteiger partial charge in [0.2, 0.25) is 5.91 Å². The first-order chi connectivity index (χ1) is 15.9. The summed E-state index contributed by atoms with van der Waals surface area (Å²) in [5.41, 5.74) is 3.72. The lowest BCUT2D eigenvalue weighted by molar-refractivity contribution is -0.120. The van der Waals surface area contributed by atoms with E-state index >= 15 is 0 Å². The highest BCUT2D eigenvalue weighted by Gasteiger charge is 2.12. The highest BCUT2D eigenvalue weighted by atomic mass is 16.3. The van der Waals surface area contributed by atoms with Crippen molar-refractivity contribution in [2.75, 3.05) is 13.1 Å². The van der Waals surface area contributed by atoms with Crippen molar-refractivity contribution >= 4 is 5.91 Å². The van der Waals surface area contributed by atoms with Crippen LogP contribution in [0.4, 0.5) is 0 Å². The zero-order chi connectivity index (χ0) is 23.6. The Labute approximate surface area is 194 Å². The minimum absolute atomic E-state index is 0.00624. The second kappa shape index (κ2) is 12.0. The third-order valence-electron chi connectivity index (χ3n) is 5.45. The van der Waals surface area contributed by atoms with Crippen molar-refractivity contribution in [1.29, 1.82) is 0 Å². The minimum atomic E-state index is -0.851. The summed E-state index contributed by atoms with van der Waals surface area (Å²) in [5.74, 6) is -0.164. The maximum absolute atomic E-state index is 12.3. The zero-order valence-corrected chi connectivity index (χ0v) is 18.9. The molecule has 1 unspecified atom stereocenters. The Morgan fingerprint density at radius 1 is 0.879 bits per heavy atom. The van der Waals surface area contributed by atoms with Gasteiger partial charge in [0.1, 0.15) is 11.5 Å². The van der Waals surface area contributed by atoms with Gasteiger partial charge in [-0.05, 0) is 54.2 Å². The van der Waals surface area contributed by atoms with E-state index in [0.717, 1.165) is 24.0 Å². The monoisotopic (exact) mass is 448 g/mol. The summed E-state index contributed by atoms with van der Waals surface area (Å²) in [5, 5.41) is 35.8. The predicted molar refractivity (Wildman–Crippen MR) is 129 cm³/mol. The molecule has 174 valence electrons. The number of nitrogens with one attached hydrogen (secondary N) is 2. The fourth-order valence-corrected chi connectivity index (χ4v) is 3.77. The Balaban J connectivity index is 1.44. The van der Waals surface area contributed by atoms with Crippen molar-refractivity contribution in [2.45, 2.75) is 38.3 Å². The van der Waals surface area contributed by atoms with Crippen LogP contribution in [0.5, 0.6) is 11.5 Å². The molecule has 3 aromatic carbocycles. The van der Waals surface area contributed by atoms with Gasteiger partial charge in [0, 0.05) is 25.2 Å². The molecule has 6 nitrogen and oxygen atoms in total. The number of aliphatic hydroxyl groups excluding tert-OH is 1. The molecule has 0 radical (unpaired) electrons. The molecule has 5 N–H and O–H groups in total. The van der Waals surface area contributed by atoms with Gasteiger partial charge in [0.25, 0.3) is 0 Å². The largest absolute Gasteiger partial charge is 0.508 e. The normalized spacial score (nSPS) is 12.8. The van der Waals surface area contributed by atoms with Crippen molar-refractivity contribution < 1.29 is 20.1 Å². The Morgan fingerprint density at radius 2 is 1.55 bits per heavy atom. The summed E-state index contributed by atoms with van der Waals surface area (Å²) in [6, 6.07) is 22.2. The number of hydrogen-bond acceptors (Lipinski definition) is 5. The van der Waals surface area contributed by atoms with Gasteiger partial charge in [-0.1, -0.05) is 54.6 Å². The van der Waals surface area contributed by atoms with Crippen LogP contribution in [-0.2, 0) is 24.1 Å². The second-order valence-corrected chi connectivity index (χ2v) is 8.39. The van der Waals surface area contributed by atoms with Gasteiger partial charge in [-0.15, -0.1) is 0 Å². The fraction of sp³-hybridized carbons (Fsp3) is 0.296. The molecule has 0 aliphatic heterocycles. The standard InChI is InChI=1S/C27H32N2O4/c1-19(29-18-26(32)23-15-24(30)17-25(31)16-23)12-21-8-5-9-22(13-21)14-27(33)28-11-10-20-6-3-2-4-7-20/h2-9,13,15-17,19,26,29-32H,10-12,14,18H2,1H3,(H,28,33)/t19-,26?/m1/s1. The molecule has 0 aliphatic carbocycles. The minimum Gasteiger partial charge on any atom is -0.508 e. The van der Waals surface area contributed by atoms with E-state index in [-0.39, 0.29) is 30.0 Å². The van der Waals surface area contributed by atoms with Gasteiger partial charge in [-0.2, -0.15) is 0 Å². The summed E-state index contributed by atoms with van der Waals surface area (Å²) >= 11 is 0. The quantitative estimate of drug-likeness (QED) is 0.310. The SMILES string of the molecule is C[C@H](Cc1cccc(CC(=O)NCCc2ccccc2)c1)NCC(O)c1cc(O)cc(O)c1. The molecule has 0 saturated heterocycles. The topological polar surface area (TPSA) is 102 Å². The van der Waals surface area contributed by atoms with Crippen LogP contribution >= 0.6 is 0 Å². The molecule has 1 amide bonds. The van der Waals surface area contributed by atoms with E-state index in [2.05, 4.69) is 22.8 Å². The number of carbonyl (C=O) groups is 1. The molecule has 3 rings (SSSR count). The van der Waals surface area contributed by atoms with Gasteiger partial charge in [0.15, 0.2) is 0 Å². The number of rotatable bonds is 11. The molecule has 0 aliphatic rings. The third-order valence-corrected chi connectivity index (χ3v) is 5.45. The van der Waals surface area contributed by atoms with Crippen LogP contribution in [0.2, 0.25) is 0 Å². The lowest BCUT2D eigenvalue weighted by Gasteiger charge is -2.18. The van der Waals surface area contributed by atoms with Crippen LogP contribution in [0.1, 0.15) is 35.3 Å². The molecule has 0 bridgehead atoms. The van der Waals surface area contributed by atoms with E-state index in [1.807, 2.05) is 49.4 Å².